The van der Waals surface area contributed by atoms with E-state index in [4.69, 9.17) is 4.74 Å². The lowest BCUT2D eigenvalue weighted by Crippen LogP contribution is -2.29. The van der Waals surface area contributed by atoms with Crippen molar-refractivity contribution in [2.24, 2.45) is 0 Å². The van der Waals surface area contributed by atoms with Crippen molar-refractivity contribution >= 4 is 34.0 Å². The lowest BCUT2D eigenvalue weighted by molar-refractivity contribution is -0.132. The van der Waals surface area contributed by atoms with Crippen LogP contribution in [0.5, 0.6) is 5.75 Å². The number of ether oxygens (including phenoxy) is 1. The number of Topliss-reactive ketones (excluding diaryl/α,β-unsaturated/α-hetero) is 1. The maximum atomic E-state index is 13.4. The summed E-state index contributed by atoms with van der Waals surface area (Å²) in [6, 6.07) is 19.7. The van der Waals surface area contributed by atoms with E-state index in [9.17, 15) is 14.7 Å². The number of aromatic amines is 1. The second-order valence-corrected chi connectivity index (χ2v) is 8.54. The molecule has 34 heavy (non-hydrogen) atoms. The molecule has 0 aliphatic carbocycles. The average Bonchev–Trinajstić information content (AvgIpc) is 3.37. The van der Waals surface area contributed by atoms with Crippen LogP contribution < -0.4 is 9.64 Å². The molecule has 6 heteroatoms. The van der Waals surface area contributed by atoms with Crippen molar-refractivity contribution < 1.29 is 19.4 Å². The van der Waals surface area contributed by atoms with Crippen LogP contribution in [0.15, 0.2) is 78.5 Å². The zero-order chi connectivity index (χ0) is 24.0. The summed E-state index contributed by atoms with van der Waals surface area (Å²) in [4.78, 5) is 31.4. The standard InChI is InChI=1S/C28H24N2O4/c1-16-11-17(2)13-19(12-16)30-25(18-7-6-8-20(14-18)34-3)24(27(32)28(30)33)26(31)22-15-29-23-10-5-4-9-21(22)23/h4-15,25,29,31H,1-3H3/b26-24-. The van der Waals surface area contributed by atoms with Crippen LogP contribution in [0, 0.1) is 13.8 Å². The predicted octanol–water partition coefficient (Wildman–Crippen LogP) is 5.42. The number of ketones is 1. The summed E-state index contributed by atoms with van der Waals surface area (Å²) in [7, 11) is 1.56. The van der Waals surface area contributed by atoms with Crippen LogP contribution in [0.2, 0.25) is 0 Å². The SMILES string of the molecule is COc1cccc(C2/C(=C(/O)c3c[nH]c4ccccc34)C(=O)C(=O)N2c2cc(C)cc(C)c2)c1. The van der Waals surface area contributed by atoms with Gasteiger partial charge < -0.3 is 14.8 Å². The summed E-state index contributed by atoms with van der Waals surface area (Å²) in [6.07, 6.45) is 1.66. The number of nitrogens with one attached hydrogen (secondary N) is 1. The quantitative estimate of drug-likeness (QED) is 0.246. The molecule has 1 aliphatic heterocycles. The van der Waals surface area contributed by atoms with E-state index < -0.39 is 17.7 Å². The Labute approximate surface area is 197 Å². The minimum atomic E-state index is -0.815. The van der Waals surface area contributed by atoms with Crippen molar-refractivity contribution in [2.75, 3.05) is 12.0 Å². The maximum absolute atomic E-state index is 13.4. The molecule has 1 atom stereocenters. The molecule has 2 N–H and O–H groups in total. The molecule has 1 amide bonds. The number of H-pyrrole nitrogens is 1. The molecule has 0 bridgehead atoms. The molecule has 5 rings (SSSR count). The molecule has 1 unspecified atom stereocenters. The summed E-state index contributed by atoms with van der Waals surface area (Å²) in [6.45, 7) is 3.89. The number of fused-ring (bicyclic) bond motifs is 1. The number of rotatable bonds is 4. The number of amides is 1. The number of carbonyl (C=O) groups excluding carboxylic acids is 2. The molecule has 0 radical (unpaired) electrons. The fourth-order valence-electron chi connectivity index (χ4n) is 4.73. The van der Waals surface area contributed by atoms with Crippen LogP contribution in [0.1, 0.15) is 28.3 Å². The number of aliphatic hydroxyl groups is 1. The summed E-state index contributed by atoms with van der Waals surface area (Å²) >= 11 is 0. The van der Waals surface area contributed by atoms with Gasteiger partial charge in [0.1, 0.15) is 11.5 Å². The highest BCUT2D eigenvalue weighted by molar-refractivity contribution is 6.51. The Balaban J connectivity index is 1.78. The monoisotopic (exact) mass is 452 g/mol. The number of aliphatic hydroxyl groups excluding tert-OH is 1. The Hall–Kier alpha value is -4.32. The number of benzene rings is 3. The van der Waals surface area contributed by atoms with E-state index in [0.29, 0.717) is 22.6 Å². The maximum Gasteiger partial charge on any atom is 0.300 e. The summed E-state index contributed by atoms with van der Waals surface area (Å²) in [5.41, 5.74) is 4.55. The molecule has 6 nitrogen and oxygen atoms in total. The van der Waals surface area contributed by atoms with E-state index in [1.54, 1.807) is 25.4 Å². The second-order valence-electron chi connectivity index (χ2n) is 8.54. The van der Waals surface area contributed by atoms with Crippen LogP contribution in [0.25, 0.3) is 16.7 Å². The number of carbonyl (C=O) groups is 2. The van der Waals surface area contributed by atoms with Crippen LogP contribution in [0.4, 0.5) is 5.69 Å². The molecule has 170 valence electrons. The first kappa shape index (κ1) is 21.5. The molecular weight excluding hydrogens is 428 g/mol. The largest absolute Gasteiger partial charge is 0.507 e. The van der Waals surface area contributed by atoms with Crippen LogP contribution in [-0.2, 0) is 9.59 Å². The van der Waals surface area contributed by atoms with Gasteiger partial charge in [0.2, 0.25) is 0 Å². The Bertz CT molecular complexity index is 1460. The highest BCUT2D eigenvalue weighted by atomic mass is 16.5. The highest BCUT2D eigenvalue weighted by Gasteiger charge is 2.47. The van der Waals surface area contributed by atoms with Crippen LogP contribution >= 0.6 is 0 Å². The lowest BCUT2D eigenvalue weighted by atomic mass is 9.94. The zero-order valence-corrected chi connectivity index (χ0v) is 19.1. The van der Waals surface area contributed by atoms with Gasteiger partial charge in [-0.05, 0) is 60.9 Å². The highest BCUT2D eigenvalue weighted by Crippen LogP contribution is 2.43. The molecule has 0 saturated carbocycles. The fraction of sp³-hybridized carbons (Fsp3) is 0.143. The normalized spacial score (nSPS) is 17.5. The van der Waals surface area contributed by atoms with E-state index in [1.807, 2.05) is 68.4 Å². The minimum Gasteiger partial charge on any atom is -0.507 e. The molecule has 1 aliphatic rings. The molecule has 1 aromatic heterocycles. The summed E-state index contributed by atoms with van der Waals surface area (Å²) in [5.74, 6) is -1.03. The Morgan fingerprint density at radius 1 is 0.971 bits per heavy atom. The summed E-state index contributed by atoms with van der Waals surface area (Å²) in [5, 5.41) is 12.2. The molecule has 1 saturated heterocycles. The third kappa shape index (κ3) is 3.44. The third-order valence-corrected chi connectivity index (χ3v) is 6.18. The van der Waals surface area contributed by atoms with Crippen molar-refractivity contribution in [1.82, 2.24) is 4.98 Å². The van der Waals surface area contributed by atoms with Gasteiger partial charge in [0.05, 0.1) is 18.7 Å². The first-order valence-electron chi connectivity index (χ1n) is 11.0. The topological polar surface area (TPSA) is 82.6 Å². The molecule has 0 spiro atoms. The van der Waals surface area contributed by atoms with Crippen molar-refractivity contribution in [2.45, 2.75) is 19.9 Å². The van der Waals surface area contributed by atoms with E-state index in [0.717, 1.165) is 22.0 Å². The van der Waals surface area contributed by atoms with Crippen molar-refractivity contribution in [3.8, 4) is 5.75 Å². The van der Waals surface area contributed by atoms with Gasteiger partial charge in [0, 0.05) is 28.4 Å². The molecule has 3 aromatic carbocycles. The first-order valence-corrected chi connectivity index (χ1v) is 11.0. The lowest BCUT2D eigenvalue weighted by Gasteiger charge is -2.26. The van der Waals surface area contributed by atoms with E-state index >= 15 is 0 Å². The zero-order valence-electron chi connectivity index (χ0n) is 19.1. The van der Waals surface area contributed by atoms with E-state index in [1.165, 1.54) is 4.90 Å². The summed E-state index contributed by atoms with van der Waals surface area (Å²) < 4.78 is 5.40. The second kappa shape index (κ2) is 8.23. The van der Waals surface area contributed by atoms with Gasteiger partial charge in [0.15, 0.2) is 0 Å². The van der Waals surface area contributed by atoms with Crippen molar-refractivity contribution in [1.29, 1.82) is 0 Å². The fourth-order valence-corrected chi connectivity index (χ4v) is 4.73. The average molecular weight is 453 g/mol. The van der Waals surface area contributed by atoms with Gasteiger partial charge in [-0.2, -0.15) is 0 Å². The van der Waals surface area contributed by atoms with Gasteiger partial charge in [0.25, 0.3) is 11.7 Å². The number of aromatic nitrogens is 1. The van der Waals surface area contributed by atoms with E-state index in [-0.39, 0.29) is 11.3 Å². The number of aryl methyl sites for hydroxylation is 2. The number of nitrogens with zero attached hydrogens (tertiary/aromatic N) is 1. The number of anilines is 1. The van der Waals surface area contributed by atoms with E-state index in [2.05, 4.69) is 4.98 Å². The Morgan fingerprint density at radius 3 is 2.44 bits per heavy atom. The Kier molecular flexibility index (Phi) is 5.21. The predicted molar refractivity (Wildman–Crippen MR) is 132 cm³/mol. The minimum absolute atomic E-state index is 0.0437. The van der Waals surface area contributed by atoms with Gasteiger partial charge in [-0.15, -0.1) is 0 Å². The molecular formula is C28H24N2O4. The van der Waals surface area contributed by atoms with Gasteiger partial charge in [-0.3, -0.25) is 14.5 Å². The number of hydrogen-bond acceptors (Lipinski definition) is 4. The molecule has 1 fully saturated rings. The number of methoxy groups -OCH3 is 1. The van der Waals surface area contributed by atoms with Gasteiger partial charge >= 0.3 is 0 Å². The smallest absolute Gasteiger partial charge is 0.300 e. The number of hydrogen-bond donors (Lipinski definition) is 2. The van der Waals surface area contributed by atoms with Crippen molar-refractivity contribution in [3.05, 3.63) is 101 Å². The third-order valence-electron chi connectivity index (χ3n) is 6.18. The van der Waals surface area contributed by atoms with Crippen LogP contribution in [-0.4, -0.2) is 28.9 Å². The number of para-hydroxylation sites is 1. The molecule has 2 heterocycles. The van der Waals surface area contributed by atoms with Crippen molar-refractivity contribution in [3.63, 3.8) is 0 Å². The van der Waals surface area contributed by atoms with Gasteiger partial charge in [-0.25, -0.2) is 0 Å². The first-order chi connectivity index (χ1) is 16.4. The van der Waals surface area contributed by atoms with Gasteiger partial charge in [-0.1, -0.05) is 36.4 Å². The molecule has 4 aromatic rings. The van der Waals surface area contributed by atoms with Crippen LogP contribution in [0.3, 0.4) is 0 Å². The Morgan fingerprint density at radius 2 is 1.71 bits per heavy atom.